The molecule has 1 saturated heterocycles. The molecule has 0 bridgehead atoms. The summed E-state index contributed by atoms with van der Waals surface area (Å²) in [5.41, 5.74) is 7.16. The van der Waals surface area contributed by atoms with Crippen molar-refractivity contribution in [1.29, 1.82) is 0 Å². The van der Waals surface area contributed by atoms with Crippen LogP contribution in [0.25, 0.3) is 11.0 Å². The lowest BCUT2D eigenvalue weighted by Gasteiger charge is -2.45. The van der Waals surface area contributed by atoms with Crippen LogP contribution in [0.2, 0.25) is 0 Å². The summed E-state index contributed by atoms with van der Waals surface area (Å²) in [6, 6.07) is 9.91. The van der Waals surface area contributed by atoms with Gasteiger partial charge in [-0.2, -0.15) is 15.1 Å². The van der Waals surface area contributed by atoms with Crippen molar-refractivity contribution in [2.24, 2.45) is 12.5 Å². The number of rotatable bonds is 4. The van der Waals surface area contributed by atoms with E-state index < -0.39 is 11.5 Å². The van der Waals surface area contributed by atoms with Crippen molar-refractivity contribution in [2.45, 2.75) is 18.9 Å². The fourth-order valence-corrected chi connectivity index (χ4v) is 3.88. The van der Waals surface area contributed by atoms with Crippen LogP contribution in [0.5, 0.6) is 0 Å². The second-order valence-electron chi connectivity index (χ2n) is 7.32. The molecule has 4 rings (SSSR count). The van der Waals surface area contributed by atoms with Gasteiger partial charge in [-0.05, 0) is 18.4 Å². The zero-order valence-corrected chi connectivity index (χ0v) is 15.3. The van der Waals surface area contributed by atoms with Gasteiger partial charge in [0.1, 0.15) is 5.82 Å². The van der Waals surface area contributed by atoms with Gasteiger partial charge < -0.3 is 20.8 Å². The van der Waals surface area contributed by atoms with Gasteiger partial charge in [-0.3, -0.25) is 4.68 Å². The molecule has 0 radical (unpaired) electrons. The molecule has 8 heteroatoms. The fraction of sp³-hybridized carbons (Fsp3) is 0.421. The van der Waals surface area contributed by atoms with Crippen LogP contribution in [0.3, 0.4) is 0 Å². The number of anilines is 2. The van der Waals surface area contributed by atoms with E-state index in [0.717, 1.165) is 10.9 Å². The maximum atomic E-state index is 10.7. The van der Waals surface area contributed by atoms with E-state index in [1.165, 1.54) is 0 Å². The second-order valence-corrected chi connectivity index (χ2v) is 7.32. The first-order valence-corrected chi connectivity index (χ1v) is 9.05. The number of aliphatic hydroxyl groups is 2. The summed E-state index contributed by atoms with van der Waals surface area (Å²) in [7, 11) is 1.81. The summed E-state index contributed by atoms with van der Waals surface area (Å²) in [6.45, 7) is 0.922. The van der Waals surface area contributed by atoms with Crippen LogP contribution in [0.1, 0.15) is 12.0 Å². The molecule has 27 heavy (non-hydrogen) atoms. The first-order valence-electron chi connectivity index (χ1n) is 9.05. The molecule has 1 unspecified atom stereocenters. The van der Waals surface area contributed by atoms with Crippen molar-refractivity contribution in [3.8, 4) is 0 Å². The van der Waals surface area contributed by atoms with Crippen LogP contribution in [0, 0.1) is 5.41 Å². The number of nitrogen functional groups attached to an aromatic ring is 1. The molecule has 0 spiro atoms. The van der Waals surface area contributed by atoms with Gasteiger partial charge in [-0.15, -0.1) is 0 Å². The Kier molecular flexibility index (Phi) is 4.45. The van der Waals surface area contributed by atoms with Crippen LogP contribution in [-0.4, -0.2) is 55.8 Å². The van der Waals surface area contributed by atoms with E-state index in [4.69, 9.17) is 5.73 Å². The van der Waals surface area contributed by atoms with Crippen molar-refractivity contribution in [3.63, 3.8) is 0 Å². The Labute approximate surface area is 157 Å². The molecule has 142 valence electrons. The average Bonchev–Trinajstić information content (AvgIpc) is 3.06. The van der Waals surface area contributed by atoms with Crippen LogP contribution < -0.4 is 10.6 Å². The first kappa shape index (κ1) is 17.7. The minimum atomic E-state index is -0.681. The highest BCUT2D eigenvalue weighted by molar-refractivity contribution is 5.86. The number of aliphatic hydroxyl groups excluding tert-OH is 2. The number of nitrogens with zero attached hydrogens (tertiary/aromatic N) is 5. The molecule has 8 nitrogen and oxygen atoms in total. The lowest BCUT2D eigenvalue weighted by molar-refractivity contribution is -0.0294. The van der Waals surface area contributed by atoms with E-state index >= 15 is 0 Å². The van der Waals surface area contributed by atoms with Gasteiger partial charge in [0.15, 0.2) is 5.65 Å². The third-order valence-electron chi connectivity index (χ3n) is 5.49. The molecular weight excluding hydrogens is 344 g/mol. The molecule has 2 aromatic heterocycles. The predicted molar refractivity (Wildman–Crippen MR) is 103 cm³/mol. The quantitative estimate of drug-likeness (QED) is 0.622. The Hall–Kier alpha value is -2.71. The van der Waals surface area contributed by atoms with Crippen LogP contribution >= 0.6 is 0 Å². The number of aromatic nitrogens is 4. The number of piperidine rings is 1. The number of aryl methyl sites for hydroxylation is 1. The van der Waals surface area contributed by atoms with Crippen LogP contribution in [0.15, 0.2) is 36.5 Å². The molecule has 1 aromatic carbocycles. The zero-order valence-electron chi connectivity index (χ0n) is 15.3. The van der Waals surface area contributed by atoms with Crippen molar-refractivity contribution in [1.82, 2.24) is 19.7 Å². The number of hydrogen-bond donors (Lipinski definition) is 3. The van der Waals surface area contributed by atoms with E-state index in [1.54, 1.807) is 10.9 Å². The summed E-state index contributed by atoms with van der Waals surface area (Å²) in [6.07, 6.45) is 2.16. The molecule has 2 atom stereocenters. The van der Waals surface area contributed by atoms with Crippen molar-refractivity contribution in [2.75, 3.05) is 30.3 Å². The summed E-state index contributed by atoms with van der Waals surface area (Å²) in [5.74, 6) is 0.883. The summed E-state index contributed by atoms with van der Waals surface area (Å²) in [5, 5.41) is 25.8. The average molecular weight is 368 g/mol. The Balaban J connectivity index is 1.68. The molecule has 1 aliphatic heterocycles. The fourth-order valence-electron chi connectivity index (χ4n) is 3.88. The van der Waals surface area contributed by atoms with Gasteiger partial charge in [0.25, 0.3) is 0 Å². The van der Waals surface area contributed by atoms with Crippen molar-refractivity contribution < 1.29 is 10.2 Å². The Morgan fingerprint density at radius 1 is 1.26 bits per heavy atom. The van der Waals surface area contributed by atoms with Gasteiger partial charge >= 0.3 is 0 Å². The largest absolute Gasteiger partial charge is 0.396 e. The monoisotopic (exact) mass is 368 g/mol. The molecular formula is C19H24N6O2. The van der Waals surface area contributed by atoms with E-state index in [2.05, 4.69) is 15.1 Å². The SMILES string of the molecule is Cn1ncc2c(N)nc(N3CCC(O)[C@](CO)(Cc4ccccc4)C3)nc21. The predicted octanol–water partition coefficient (Wildman–Crippen LogP) is 0.738. The normalized spacial score (nSPS) is 23.1. The maximum absolute atomic E-state index is 10.7. The standard InChI is InChI=1S/C19H24N6O2/c1-24-17-14(10-21-24)16(20)22-18(23-17)25-8-7-15(27)19(11-25,12-26)9-13-5-3-2-4-6-13/h2-6,10,15,26-27H,7-9,11-12H2,1H3,(H2,20,22,23)/t15?,19-/m1/s1. The van der Waals surface area contributed by atoms with Gasteiger partial charge in [0, 0.05) is 25.6 Å². The van der Waals surface area contributed by atoms with Gasteiger partial charge in [-0.1, -0.05) is 30.3 Å². The smallest absolute Gasteiger partial charge is 0.229 e. The van der Waals surface area contributed by atoms with Gasteiger partial charge in [-0.25, -0.2) is 0 Å². The highest BCUT2D eigenvalue weighted by atomic mass is 16.3. The lowest BCUT2D eigenvalue weighted by Crippen LogP contribution is -2.55. The van der Waals surface area contributed by atoms with E-state index in [0.29, 0.717) is 43.3 Å². The van der Waals surface area contributed by atoms with Crippen molar-refractivity contribution >= 4 is 22.8 Å². The van der Waals surface area contributed by atoms with E-state index in [1.807, 2.05) is 42.3 Å². The third kappa shape index (κ3) is 3.11. The van der Waals surface area contributed by atoms with Crippen molar-refractivity contribution in [3.05, 3.63) is 42.1 Å². The molecule has 4 N–H and O–H groups in total. The van der Waals surface area contributed by atoms with Gasteiger partial charge in [0.2, 0.25) is 5.95 Å². The topological polar surface area (TPSA) is 113 Å². The van der Waals surface area contributed by atoms with Gasteiger partial charge in [0.05, 0.1) is 24.3 Å². The Bertz CT molecular complexity index is 944. The molecule has 3 heterocycles. The minimum Gasteiger partial charge on any atom is -0.396 e. The summed E-state index contributed by atoms with van der Waals surface area (Å²) in [4.78, 5) is 11.1. The Morgan fingerprint density at radius 2 is 2.04 bits per heavy atom. The summed E-state index contributed by atoms with van der Waals surface area (Å²) >= 11 is 0. The lowest BCUT2D eigenvalue weighted by atomic mass is 9.73. The van der Waals surface area contributed by atoms with Crippen LogP contribution in [0.4, 0.5) is 11.8 Å². The number of nitrogens with two attached hydrogens (primary N) is 1. The van der Waals surface area contributed by atoms with E-state index in [9.17, 15) is 10.2 Å². The highest BCUT2D eigenvalue weighted by Gasteiger charge is 2.43. The summed E-state index contributed by atoms with van der Waals surface area (Å²) < 4.78 is 1.67. The maximum Gasteiger partial charge on any atom is 0.229 e. The zero-order chi connectivity index (χ0) is 19.0. The molecule has 0 saturated carbocycles. The second kappa shape index (κ2) is 6.79. The third-order valence-corrected chi connectivity index (χ3v) is 5.49. The Morgan fingerprint density at radius 3 is 2.78 bits per heavy atom. The molecule has 3 aromatic rings. The molecule has 0 amide bonds. The van der Waals surface area contributed by atoms with E-state index in [-0.39, 0.29) is 6.61 Å². The molecule has 1 aliphatic rings. The number of fused-ring (bicyclic) bond motifs is 1. The minimum absolute atomic E-state index is 0.122. The first-order chi connectivity index (χ1) is 13.0. The number of benzene rings is 1. The highest BCUT2D eigenvalue weighted by Crippen LogP contribution is 2.35. The molecule has 0 aliphatic carbocycles. The molecule has 1 fully saturated rings. The van der Waals surface area contributed by atoms with Crippen LogP contribution in [-0.2, 0) is 13.5 Å². The number of hydrogen-bond acceptors (Lipinski definition) is 7.